The van der Waals surface area contributed by atoms with Gasteiger partial charge in [-0.05, 0) is 31.1 Å². The number of hydrogen-bond acceptors (Lipinski definition) is 3. The van der Waals surface area contributed by atoms with Crippen molar-refractivity contribution in [3.8, 4) is 0 Å². The second-order valence-corrected chi connectivity index (χ2v) is 8.29. The SMILES string of the molecule is CC(C)Cc1nc(C2CCC(C)C2)sc1CNC(C)C. The minimum atomic E-state index is 0.541. The van der Waals surface area contributed by atoms with Crippen LogP contribution in [0.4, 0.5) is 0 Å². The van der Waals surface area contributed by atoms with Crippen LogP contribution in [0.25, 0.3) is 0 Å². The molecule has 2 unspecified atom stereocenters. The van der Waals surface area contributed by atoms with E-state index in [0.717, 1.165) is 24.8 Å². The fourth-order valence-corrected chi connectivity index (χ4v) is 4.18. The molecule has 0 aliphatic heterocycles. The third-order valence-electron chi connectivity index (χ3n) is 4.11. The zero-order valence-corrected chi connectivity index (χ0v) is 14.5. The van der Waals surface area contributed by atoms with E-state index in [1.54, 1.807) is 0 Å². The van der Waals surface area contributed by atoms with Gasteiger partial charge in [-0.2, -0.15) is 0 Å². The molecule has 0 aromatic carbocycles. The van der Waals surface area contributed by atoms with Crippen molar-refractivity contribution in [3.05, 3.63) is 15.6 Å². The van der Waals surface area contributed by atoms with Crippen LogP contribution in [0.2, 0.25) is 0 Å². The minimum absolute atomic E-state index is 0.541. The molecule has 20 heavy (non-hydrogen) atoms. The van der Waals surface area contributed by atoms with Crippen LogP contribution in [0.1, 0.15) is 75.4 Å². The Labute approximate surface area is 128 Å². The Balaban J connectivity index is 2.13. The Morgan fingerprint density at radius 3 is 2.55 bits per heavy atom. The third kappa shape index (κ3) is 4.29. The molecule has 0 radical (unpaired) electrons. The number of rotatable bonds is 6. The molecule has 3 heteroatoms. The van der Waals surface area contributed by atoms with Crippen molar-refractivity contribution in [1.29, 1.82) is 0 Å². The largest absolute Gasteiger partial charge is 0.310 e. The lowest BCUT2D eigenvalue weighted by molar-refractivity contribution is 0.579. The summed E-state index contributed by atoms with van der Waals surface area (Å²) in [6, 6.07) is 0.541. The van der Waals surface area contributed by atoms with Gasteiger partial charge in [-0.15, -0.1) is 11.3 Å². The highest BCUT2D eigenvalue weighted by molar-refractivity contribution is 7.11. The minimum Gasteiger partial charge on any atom is -0.310 e. The Hall–Kier alpha value is -0.410. The van der Waals surface area contributed by atoms with Gasteiger partial charge >= 0.3 is 0 Å². The van der Waals surface area contributed by atoms with E-state index in [0.29, 0.717) is 12.0 Å². The van der Waals surface area contributed by atoms with Gasteiger partial charge in [0.1, 0.15) is 0 Å². The molecule has 2 nitrogen and oxygen atoms in total. The summed E-state index contributed by atoms with van der Waals surface area (Å²) < 4.78 is 0. The second-order valence-electron chi connectivity index (χ2n) is 7.17. The van der Waals surface area contributed by atoms with Gasteiger partial charge in [0.15, 0.2) is 0 Å². The van der Waals surface area contributed by atoms with Gasteiger partial charge in [-0.25, -0.2) is 4.98 Å². The maximum absolute atomic E-state index is 5.02. The summed E-state index contributed by atoms with van der Waals surface area (Å²) in [5, 5.41) is 4.97. The molecular formula is C17H30N2S. The predicted molar refractivity (Wildman–Crippen MR) is 88.4 cm³/mol. The molecule has 1 saturated carbocycles. The lowest BCUT2D eigenvalue weighted by atomic mass is 10.1. The Bertz CT molecular complexity index is 423. The van der Waals surface area contributed by atoms with Gasteiger partial charge in [0.2, 0.25) is 0 Å². The van der Waals surface area contributed by atoms with Crippen LogP contribution >= 0.6 is 11.3 Å². The van der Waals surface area contributed by atoms with Crippen LogP contribution in [0.15, 0.2) is 0 Å². The molecule has 1 aromatic rings. The summed E-state index contributed by atoms with van der Waals surface area (Å²) in [6.45, 7) is 12.4. The van der Waals surface area contributed by atoms with E-state index in [-0.39, 0.29) is 0 Å². The van der Waals surface area contributed by atoms with E-state index in [4.69, 9.17) is 4.98 Å². The molecular weight excluding hydrogens is 264 g/mol. The summed E-state index contributed by atoms with van der Waals surface area (Å²) >= 11 is 1.97. The molecule has 0 spiro atoms. The Morgan fingerprint density at radius 2 is 2.00 bits per heavy atom. The highest BCUT2D eigenvalue weighted by Gasteiger charge is 2.26. The molecule has 114 valence electrons. The van der Waals surface area contributed by atoms with Crippen molar-refractivity contribution in [3.63, 3.8) is 0 Å². The first-order chi connectivity index (χ1) is 9.45. The molecule has 1 heterocycles. The average Bonchev–Trinajstić information content (AvgIpc) is 2.92. The fraction of sp³-hybridized carbons (Fsp3) is 0.824. The van der Waals surface area contributed by atoms with Gasteiger partial charge < -0.3 is 5.32 Å². The Morgan fingerprint density at radius 1 is 1.25 bits per heavy atom. The first kappa shape index (κ1) is 16.0. The first-order valence-corrected chi connectivity index (χ1v) is 8.99. The molecule has 0 bridgehead atoms. The number of nitrogens with one attached hydrogen (secondary N) is 1. The van der Waals surface area contributed by atoms with Gasteiger partial charge in [0.25, 0.3) is 0 Å². The maximum Gasteiger partial charge on any atom is 0.0962 e. The van der Waals surface area contributed by atoms with Crippen LogP contribution in [0.3, 0.4) is 0 Å². The molecule has 1 aromatic heterocycles. The highest BCUT2D eigenvalue weighted by Crippen LogP contribution is 2.40. The standard InChI is InChI=1S/C17H30N2S/c1-11(2)8-15-16(10-18-12(3)4)20-17(19-15)14-7-6-13(5)9-14/h11-14,18H,6-10H2,1-5H3. The van der Waals surface area contributed by atoms with Crippen molar-refractivity contribution >= 4 is 11.3 Å². The fourth-order valence-electron chi connectivity index (χ4n) is 2.99. The summed E-state index contributed by atoms with van der Waals surface area (Å²) in [5.74, 6) is 2.30. The lowest BCUT2D eigenvalue weighted by Gasteiger charge is -2.08. The normalized spacial score (nSPS) is 23.1. The molecule has 0 amide bonds. The molecule has 1 aliphatic rings. The Kier molecular flexibility index (Phi) is 5.62. The number of hydrogen-bond donors (Lipinski definition) is 1. The van der Waals surface area contributed by atoms with Gasteiger partial charge in [-0.1, -0.05) is 41.0 Å². The van der Waals surface area contributed by atoms with E-state index in [9.17, 15) is 0 Å². The van der Waals surface area contributed by atoms with E-state index >= 15 is 0 Å². The first-order valence-electron chi connectivity index (χ1n) is 8.17. The molecule has 1 aliphatic carbocycles. The molecule has 1 N–H and O–H groups in total. The smallest absolute Gasteiger partial charge is 0.0962 e. The second kappa shape index (κ2) is 7.04. The third-order valence-corrected chi connectivity index (χ3v) is 5.37. The summed E-state index contributed by atoms with van der Waals surface area (Å²) in [5.41, 5.74) is 1.35. The monoisotopic (exact) mass is 294 g/mol. The van der Waals surface area contributed by atoms with E-state index in [1.807, 2.05) is 11.3 Å². The number of thiazole rings is 1. The zero-order chi connectivity index (χ0) is 14.7. The van der Waals surface area contributed by atoms with Crippen LogP contribution in [0, 0.1) is 11.8 Å². The van der Waals surface area contributed by atoms with Crippen LogP contribution in [0.5, 0.6) is 0 Å². The topological polar surface area (TPSA) is 24.9 Å². The molecule has 2 rings (SSSR count). The van der Waals surface area contributed by atoms with Gasteiger partial charge in [0, 0.05) is 23.4 Å². The van der Waals surface area contributed by atoms with Crippen molar-refractivity contribution in [2.24, 2.45) is 11.8 Å². The average molecular weight is 295 g/mol. The van der Waals surface area contributed by atoms with E-state index in [2.05, 4.69) is 39.9 Å². The van der Waals surface area contributed by atoms with Crippen molar-refractivity contribution < 1.29 is 0 Å². The zero-order valence-electron chi connectivity index (χ0n) is 13.7. The number of aromatic nitrogens is 1. The van der Waals surface area contributed by atoms with Crippen molar-refractivity contribution in [2.75, 3.05) is 0 Å². The van der Waals surface area contributed by atoms with E-state index in [1.165, 1.54) is 34.8 Å². The van der Waals surface area contributed by atoms with Gasteiger partial charge in [-0.3, -0.25) is 0 Å². The molecule has 1 fully saturated rings. The molecule has 2 atom stereocenters. The highest BCUT2D eigenvalue weighted by atomic mass is 32.1. The van der Waals surface area contributed by atoms with Crippen molar-refractivity contribution in [1.82, 2.24) is 10.3 Å². The number of nitrogens with zero attached hydrogens (tertiary/aromatic N) is 1. The maximum atomic E-state index is 5.02. The van der Waals surface area contributed by atoms with E-state index < -0.39 is 0 Å². The lowest BCUT2D eigenvalue weighted by Crippen LogP contribution is -2.22. The predicted octanol–water partition coefficient (Wildman–Crippen LogP) is 4.74. The summed E-state index contributed by atoms with van der Waals surface area (Å²) in [4.78, 5) is 6.50. The summed E-state index contributed by atoms with van der Waals surface area (Å²) in [7, 11) is 0. The van der Waals surface area contributed by atoms with Crippen LogP contribution < -0.4 is 5.32 Å². The van der Waals surface area contributed by atoms with Crippen LogP contribution in [-0.2, 0) is 13.0 Å². The summed E-state index contributed by atoms with van der Waals surface area (Å²) in [6.07, 6.45) is 5.18. The van der Waals surface area contributed by atoms with Gasteiger partial charge in [0.05, 0.1) is 10.7 Å². The van der Waals surface area contributed by atoms with Crippen molar-refractivity contribution in [2.45, 2.75) is 78.8 Å². The quantitative estimate of drug-likeness (QED) is 0.819. The molecule has 0 saturated heterocycles. The van der Waals surface area contributed by atoms with Crippen LogP contribution in [-0.4, -0.2) is 11.0 Å².